The van der Waals surface area contributed by atoms with E-state index in [1.165, 1.54) is 28.0 Å². The summed E-state index contributed by atoms with van der Waals surface area (Å²) in [5.41, 5.74) is 0.199. The smallest absolute Gasteiger partial charge is 0.283 e. The van der Waals surface area contributed by atoms with Crippen LogP contribution in [0.3, 0.4) is 0 Å². The highest BCUT2D eigenvalue weighted by Crippen LogP contribution is 2.28. The zero-order valence-corrected chi connectivity index (χ0v) is 15.5. The Balaban J connectivity index is 2.20. The second kappa shape index (κ2) is 7.88. The van der Waals surface area contributed by atoms with Crippen LogP contribution >= 0.6 is 12.6 Å². The molecule has 2 rings (SSSR count). The molecule has 2 unspecified atom stereocenters. The average molecular weight is 379 g/mol. The van der Waals surface area contributed by atoms with Gasteiger partial charge in [0.15, 0.2) is 0 Å². The lowest BCUT2D eigenvalue weighted by molar-refractivity contribution is -0.387. The maximum absolute atomic E-state index is 12.7. The fraction of sp³-hybridized carbons (Fsp3) is 0.412. The van der Waals surface area contributed by atoms with Gasteiger partial charge in [0, 0.05) is 38.8 Å². The van der Waals surface area contributed by atoms with Crippen LogP contribution in [0.2, 0.25) is 0 Å². The number of nitro benzene ring substituents is 1. The normalized spacial score (nSPS) is 19.8. The molecule has 0 aromatic heterocycles. The fourth-order valence-electron chi connectivity index (χ4n) is 2.87. The summed E-state index contributed by atoms with van der Waals surface area (Å²) in [6.07, 6.45) is -0.536. The van der Waals surface area contributed by atoms with Gasteiger partial charge < -0.3 is 14.9 Å². The molecule has 0 spiro atoms. The first-order valence-corrected chi connectivity index (χ1v) is 8.43. The van der Waals surface area contributed by atoms with E-state index in [-0.39, 0.29) is 41.6 Å². The second-order valence-corrected chi connectivity index (χ2v) is 6.87. The Hall–Kier alpha value is -2.39. The number of nitro groups is 1. The minimum atomic E-state index is -0.813. The standard InChI is InChI=1S/C17H21N3O5S/c1-10(11-4-5-15(26)13(8-11)20(24)25)16(22)19-7-6-14(21)12(9-19)17(23)18(2)3/h4-5,8,12,14,21,26H,1,6-7,9H2,2-3H3. The van der Waals surface area contributed by atoms with Crippen molar-refractivity contribution < 1.29 is 19.6 Å². The summed E-state index contributed by atoms with van der Waals surface area (Å²) in [6, 6.07) is 4.23. The molecular formula is C17H21N3O5S. The monoisotopic (exact) mass is 379 g/mol. The van der Waals surface area contributed by atoms with Crippen LogP contribution in [0.4, 0.5) is 5.69 Å². The zero-order chi connectivity index (χ0) is 19.6. The number of rotatable bonds is 4. The van der Waals surface area contributed by atoms with E-state index in [9.17, 15) is 24.8 Å². The van der Waals surface area contributed by atoms with Gasteiger partial charge in [-0.2, -0.15) is 0 Å². The molecule has 1 aliphatic rings. The second-order valence-electron chi connectivity index (χ2n) is 6.39. The quantitative estimate of drug-likeness (QED) is 0.354. The lowest BCUT2D eigenvalue weighted by atomic mass is 9.92. The van der Waals surface area contributed by atoms with Gasteiger partial charge in [-0.05, 0) is 18.1 Å². The van der Waals surface area contributed by atoms with Crippen molar-refractivity contribution in [2.75, 3.05) is 27.2 Å². The number of likely N-dealkylation sites (tertiary alicyclic amines) is 1. The van der Waals surface area contributed by atoms with Gasteiger partial charge in [-0.15, -0.1) is 12.6 Å². The van der Waals surface area contributed by atoms with Crippen molar-refractivity contribution in [2.45, 2.75) is 17.4 Å². The molecule has 1 aliphatic heterocycles. The van der Waals surface area contributed by atoms with E-state index in [1.54, 1.807) is 14.1 Å². The molecule has 0 saturated carbocycles. The van der Waals surface area contributed by atoms with Crippen molar-refractivity contribution >= 4 is 35.7 Å². The Morgan fingerprint density at radius 1 is 1.42 bits per heavy atom. The van der Waals surface area contributed by atoms with Crippen molar-refractivity contribution in [1.29, 1.82) is 0 Å². The summed E-state index contributed by atoms with van der Waals surface area (Å²) in [5.74, 6) is -1.38. The van der Waals surface area contributed by atoms with Crippen LogP contribution in [0.1, 0.15) is 12.0 Å². The molecular weight excluding hydrogens is 358 g/mol. The summed E-state index contributed by atoms with van der Waals surface area (Å²) in [6.45, 7) is 4.11. The fourth-order valence-corrected chi connectivity index (χ4v) is 3.09. The van der Waals surface area contributed by atoms with Crippen LogP contribution in [-0.2, 0) is 9.59 Å². The number of carbonyl (C=O) groups is 2. The van der Waals surface area contributed by atoms with E-state index in [0.717, 1.165) is 0 Å². The number of hydrogen-bond acceptors (Lipinski definition) is 6. The molecule has 26 heavy (non-hydrogen) atoms. The highest BCUT2D eigenvalue weighted by atomic mass is 32.1. The molecule has 1 heterocycles. The number of nitrogens with zero attached hydrogens (tertiary/aromatic N) is 3. The number of benzene rings is 1. The molecule has 0 radical (unpaired) electrons. The van der Waals surface area contributed by atoms with Crippen molar-refractivity contribution in [3.8, 4) is 0 Å². The molecule has 140 valence electrons. The average Bonchev–Trinajstić information content (AvgIpc) is 2.60. The number of hydrogen-bond donors (Lipinski definition) is 2. The number of amides is 2. The summed E-state index contributed by atoms with van der Waals surface area (Å²) < 4.78 is 0. The zero-order valence-electron chi connectivity index (χ0n) is 14.6. The van der Waals surface area contributed by atoms with E-state index in [1.807, 2.05) is 0 Å². The molecule has 1 aromatic rings. The van der Waals surface area contributed by atoms with Crippen molar-refractivity contribution in [1.82, 2.24) is 9.80 Å². The predicted octanol–water partition coefficient (Wildman–Crippen LogP) is 1.19. The summed E-state index contributed by atoms with van der Waals surface area (Å²) in [4.78, 5) is 38.4. The van der Waals surface area contributed by atoms with E-state index in [0.29, 0.717) is 5.56 Å². The third-order valence-corrected chi connectivity index (χ3v) is 4.78. The predicted molar refractivity (Wildman–Crippen MR) is 98.8 cm³/mol. The Kier molecular flexibility index (Phi) is 6.04. The third-order valence-electron chi connectivity index (χ3n) is 4.40. The van der Waals surface area contributed by atoms with Gasteiger partial charge in [0.05, 0.1) is 21.8 Å². The maximum atomic E-state index is 12.7. The van der Waals surface area contributed by atoms with Gasteiger partial charge in [-0.3, -0.25) is 19.7 Å². The summed E-state index contributed by atoms with van der Waals surface area (Å²) in [7, 11) is 3.18. The van der Waals surface area contributed by atoms with Crippen LogP contribution in [-0.4, -0.2) is 64.9 Å². The van der Waals surface area contributed by atoms with Gasteiger partial charge in [0.25, 0.3) is 11.6 Å². The molecule has 8 nitrogen and oxygen atoms in total. The van der Waals surface area contributed by atoms with Crippen LogP contribution in [0.5, 0.6) is 0 Å². The molecule has 0 aliphatic carbocycles. The van der Waals surface area contributed by atoms with E-state index >= 15 is 0 Å². The van der Waals surface area contributed by atoms with E-state index < -0.39 is 22.9 Å². The Morgan fingerprint density at radius 2 is 2.08 bits per heavy atom. The van der Waals surface area contributed by atoms with Crippen molar-refractivity contribution in [3.63, 3.8) is 0 Å². The molecule has 9 heteroatoms. The minimum Gasteiger partial charge on any atom is -0.392 e. The lowest BCUT2D eigenvalue weighted by Gasteiger charge is -2.36. The highest BCUT2D eigenvalue weighted by molar-refractivity contribution is 7.80. The number of aliphatic hydroxyl groups excluding tert-OH is 1. The largest absolute Gasteiger partial charge is 0.392 e. The van der Waals surface area contributed by atoms with Gasteiger partial charge >= 0.3 is 0 Å². The van der Waals surface area contributed by atoms with Crippen LogP contribution < -0.4 is 0 Å². The first-order valence-electron chi connectivity index (χ1n) is 7.98. The summed E-state index contributed by atoms with van der Waals surface area (Å²) in [5, 5.41) is 21.1. The van der Waals surface area contributed by atoms with Crippen molar-refractivity contribution in [2.24, 2.45) is 5.92 Å². The number of carbonyl (C=O) groups excluding carboxylic acids is 2. The van der Waals surface area contributed by atoms with Gasteiger partial charge in [-0.25, -0.2) is 0 Å². The number of aliphatic hydroxyl groups is 1. The lowest BCUT2D eigenvalue weighted by Crippen LogP contribution is -2.51. The highest BCUT2D eigenvalue weighted by Gasteiger charge is 2.36. The Labute approximate surface area is 156 Å². The first-order chi connectivity index (χ1) is 12.1. The van der Waals surface area contributed by atoms with Crippen LogP contribution in [0.25, 0.3) is 5.57 Å². The maximum Gasteiger partial charge on any atom is 0.283 e. The van der Waals surface area contributed by atoms with Crippen LogP contribution in [0.15, 0.2) is 29.7 Å². The van der Waals surface area contributed by atoms with Gasteiger partial charge in [0.1, 0.15) is 0 Å². The number of thiol groups is 1. The third kappa shape index (κ3) is 4.05. The SMILES string of the molecule is C=C(C(=O)N1CCC(O)C(C(=O)N(C)C)C1)c1ccc(S)c([N+](=O)[O-])c1. The summed E-state index contributed by atoms with van der Waals surface area (Å²) >= 11 is 4.03. The van der Waals surface area contributed by atoms with Gasteiger partial charge in [-0.1, -0.05) is 12.6 Å². The molecule has 1 saturated heterocycles. The van der Waals surface area contributed by atoms with E-state index in [2.05, 4.69) is 19.2 Å². The van der Waals surface area contributed by atoms with Crippen LogP contribution in [0, 0.1) is 16.0 Å². The Morgan fingerprint density at radius 3 is 2.65 bits per heavy atom. The van der Waals surface area contributed by atoms with E-state index in [4.69, 9.17) is 0 Å². The minimum absolute atomic E-state index is 0.0722. The van der Waals surface area contributed by atoms with Gasteiger partial charge in [0.2, 0.25) is 5.91 Å². The first kappa shape index (κ1) is 19.9. The number of piperidine rings is 1. The molecule has 2 amide bonds. The molecule has 1 N–H and O–H groups in total. The molecule has 1 fully saturated rings. The molecule has 1 aromatic carbocycles. The topological polar surface area (TPSA) is 104 Å². The molecule has 0 bridgehead atoms. The Bertz CT molecular complexity index is 765. The molecule has 2 atom stereocenters. The van der Waals surface area contributed by atoms with Crippen molar-refractivity contribution in [3.05, 3.63) is 40.5 Å².